The fourth-order valence-electron chi connectivity index (χ4n) is 2.52. The number of hydrogen-bond donors (Lipinski definition) is 1. The largest absolute Gasteiger partial charge is 0.328 e. The van der Waals surface area contributed by atoms with Crippen LogP contribution in [0, 0.1) is 17.8 Å². The van der Waals surface area contributed by atoms with Crippen molar-refractivity contribution in [2.45, 2.75) is 25.3 Å². The average Bonchev–Trinajstić information content (AvgIpc) is 3.01. The van der Waals surface area contributed by atoms with E-state index in [9.17, 15) is 9.59 Å². The van der Waals surface area contributed by atoms with Gasteiger partial charge in [0.05, 0.1) is 17.9 Å². The highest BCUT2D eigenvalue weighted by molar-refractivity contribution is 6.09. The predicted octanol–water partition coefficient (Wildman–Crippen LogP) is -0.271. The number of nitrogens with zero attached hydrogens (tertiary/aromatic N) is 1. The number of amides is 2. The third-order valence-electron chi connectivity index (χ3n) is 3.64. The van der Waals surface area contributed by atoms with Crippen molar-refractivity contribution in [2.24, 2.45) is 23.5 Å². The van der Waals surface area contributed by atoms with Gasteiger partial charge in [0.25, 0.3) is 0 Å². The Bertz CT molecular complexity index is 291. The minimum Gasteiger partial charge on any atom is -0.328 e. The fraction of sp³-hybridized carbons (Fsp3) is 0.800. The van der Waals surface area contributed by atoms with Crippen molar-refractivity contribution in [2.75, 3.05) is 6.54 Å². The van der Waals surface area contributed by atoms with Gasteiger partial charge in [-0.05, 0) is 25.2 Å². The van der Waals surface area contributed by atoms with Gasteiger partial charge in [-0.2, -0.15) is 0 Å². The standard InChI is InChI=1S/C10H14N2O2/c11-4-8(5-1-2-5)12-9(13)6-3-7(6)10(12)14/h5-8H,1-4,11H2. The number of imide groups is 1. The van der Waals surface area contributed by atoms with Crippen molar-refractivity contribution in [3.63, 3.8) is 0 Å². The summed E-state index contributed by atoms with van der Waals surface area (Å²) in [6.07, 6.45) is 3.03. The summed E-state index contributed by atoms with van der Waals surface area (Å²) in [7, 11) is 0. The number of carbonyl (C=O) groups is 2. The molecule has 1 aliphatic heterocycles. The highest BCUT2D eigenvalue weighted by Gasteiger charge is 2.61. The molecule has 2 aliphatic carbocycles. The highest BCUT2D eigenvalue weighted by Crippen LogP contribution is 2.49. The molecule has 0 radical (unpaired) electrons. The van der Waals surface area contributed by atoms with Gasteiger partial charge in [-0.25, -0.2) is 0 Å². The first-order valence-electron chi connectivity index (χ1n) is 5.31. The molecule has 3 fully saturated rings. The van der Waals surface area contributed by atoms with E-state index < -0.39 is 0 Å². The quantitative estimate of drug-likeness (QED) is 0.629. The van der Waals surface area contributed by atoms with Crippen molar-refractivity contribution in [3.8, 4) is 0 Å². The Morgan fingerprint density at radius 2 is 1.86 bits per heavy atom. The minimum absolute atomic E-state index is 0.00259. The van der Waals surface area contributed by atoms with Crippen LogP contribution in [0.5, 0.6) is 0 Å². The van der Waals surface area contributed by atoms with Crippen LogP contribution in [0.4, 0.5) is 0 Å². The Balaban J connectivity index is 1.82. The molecule has 76 valence electrons. The SMILES string of the molecule is NCC(C1CC1)N1C(=O)C2CC2C1=O. The van der Waals surface area contributed by atoms with Gasteiger partial charge in [-0.15, -0.1) is 0 Å². The lowest BCUT2D eigenvalue weighted by Gasteiger charge is -2.26. The number of nitrogens with two attached hydrogens (primary N) is 1. The third kappa shape index (κ3) is 0.974. The van der Waals surface area contributed by atoms with Gasteiger partial charge < -0.3 is 5.73 Å². The first-order chi connectivity index (χ1) is 6.74. The monoisotopic (exact) mass is 194 g/mol. The molecule has 3 atom stereocenters. The van der Waals surface area contributed by atoms with Crippen LogP contribution in [0.25, 0.3) is 0 Å². The van der Waals surface area contributed by atoms with Crippen LogP contribution in [-0.4, -0.2) is 29.3 Å². The molecule has 3 rings (SSSR count). The van der Waals surface area contributed by atoms with Crippen LogP contribution < -0.4 is 5.73 Å². The number of likely N-dealkylation sites (tertiary alicyclic amines) is 1. The Morgan fingerprint density at radius 1 is 1.29 bits per heavy atom. The van der Waals surface area contributed by atoms with E-state index in [1.807, 2.05) is 0 Å². The first-order valence-corrected chi connectivity index (χ1v) is 5.31. The maximum absolute atomic E-state index is 11.7. The molecule has 2 N–H and O–H groups in total. The molecule has 1 heterocycles. The van der Waals surface area contributed by atoms with Gasteiger partial charge in [-0.3, -0.25) is 14.5 Å². The second kappa shape index (κ2) is 2.57. The average molecular weight is 194 g/mol. The van der Waals surface area contributed by atoms with Crippen molar-refractivity contribution in [1.29, 1.82) is 0 Å². The first kappa shape index (κ1) is 8.41. The van der Waals surface area contributed by atoms with Gasteiger partial charge in [0.2, 0.25) is 11.8 Å². The Hall–Kier alpha value is -0.900. The second-order valence-corrected chi connectivity index (χ2v) is 4.64. The molecular weight excluding hydrogens is 180 g/mol. The van der Waals surface area contributed by atoms with Crippen molar-refractivity contribution in [1.82, 2.24) is 4.90 Å². The van der Waals surface area contributed by atoms with Gasteiger partial charge in [0.15, 0.2) is 0 Å². The molecule has 2 amide bonds. The number of piperidine rings is 1. The van der Waals surface area contributed by atoms with Crippen LogP contribution in [0.3, 0.4) is 0 Å². The maximum atomic E-state index is 11.7. The number of fused-ring (bicyclic) bond motifs is 1. The van der Waals surface area contributed by atoms with E-state index in [2.05, 4.69) is 0 Å². The maximum Gasteiger partial charge on any atom is 0.233 e. The zero-order valence-electron chi connectivity index (χ0n) is 7.98. The molecule has 3 unspecified atom stereocenters. The van der Waals surface area contributed by atoms with E-state index in [0.717, 1.165) is 19.3 Å². The van der Waals surface area contributed by atoms with E-state index in [1.165, 1.54) is 4.90 Å². The number of carbonyl (C=O) groups excluding carboxylic acids is 2. The van der Waals surface area contributed by atoms with Crippen molar-refractivity contribution < 1.29 is 9.59 Å². The molecule has 2 saturated carbocycles. The van der Waals surface area contributed by atoms with E-state index >= 15 is 0 Å². The Kier molecular flexibility index (Phi) is 1.54. The summed E-state index contributed by atoms with van der Waals surface area (Å²) in [5.74, 6) is 0.626. The van der Waals surface area contributed by atoms with Crippen LogP contribution in [0.1, 0.15) is 19.3 Å². The topological polar surface area (TPSA) is 63.4 Å². The third-order valence-corrected chi connectivity index (χ3v) is 3.64. The van der Waals surface area contributed by atoms with E-state index in [4.69, 9.17) is 5.73 Å². The summed E-state index contributed by atoms with van der Waals surface area (Å²) >= 11 is 0. The van der Waals surface area contributed by atoms with Gasteiger partial charge in [0, 0.05) is 6.54 Å². The lowest BCUT2D eigenvalue weighted by Crippen LogP contribution is -2.47. The lowest BCUT2D eigenvalue weighted by molar-refractivity contribution is -0.144. The molecule has 3 aliphatic rings. The molecule has 0 spiro atoms. The predicted molar refractivity (Wildman–Crippen MR) is 49.0 cm³/mol. The molecule has 0 bridgehead atoms. The van der Waals surface area contributed by atoms with E-state index in [0.29, 0.717) is 12.5 Å². The Labute approximate surface area is 82.4 Å². The highest BCUT2D eigenvalue weighted by atomic mass is 16.2. The van der Waals surface area contributed by atoms with E-state index in [-0.39, 0.29) is 29.7 Å². The summed E-state index contributed by atoms with van der Waals surface area (Å²) in [6, 6.07) is 0.00259. The summed E-state index contributed by atoms with van der Waals surface area (Å²) in [5.41, 5.74) is 5.63. The summed E-state index contributed by atoms with van der Waals surface area (Å²) in [5, 5.41) is 0. The molecule has 0 aromatic heterocycles. The number of hydrogen-bond acceptors (Lipinski definition) is 3. The second-order valence-electron chi connectivity index (χ2n) is 4.64. The molecule has 4 nitrogen and oxygen atoms in total. The van der Waals surface area contributed by atoms with E-state index in [1.54, 1.807) is 0 Å². The van der Waals surface area contributed by atoms with Crippen LogP contribution >= 0.6 is 0 Å². The molecule has 1 saturated heterocycles. The smallest absolute Gasteiger partial charge is 0.233 e. The van der Waals surface area contributed by atoms with Crippen molar-refractivity contribution >= 4 is 11.8 Å². The lowest BCUT2D eigenvalue weighted by atomic mass is 10.1. The Morgan fingerprint density at radius 3 is 2.29 bits per heavy atom. The molecule has 0 aromatic rings. The molecule has 4 heteroatoms. The summed E-state index contributed by atoms with van der Waals surface area (Å²) < 4.78 is 0. The van der Waals surface area contributed by atoms with Crippen LogP contribution in [-0.2, 0) is 9.59 Å². The zero-order chi connectivity index (χ0) is 9.87. The van der Waals surface area contributed by atoms with Gasteiger partial charge in [0.1, 0.15) is 0 Å². The molecule has 0 aromatic carbocycles. The molecule has 14 heavy (non-hydrogen) atoms. The van der Waals surface area contributed by atoms with Gasteiger partial charge in [-0.1, -0.05) is 0 Å². The van der Waals surface area contributed by atoms with Crippen LogP contribution in [0.2, 0.25) is 0 Å². The summed E-state index contributed by atoms with van der Waals surface area (Å²) in [6.45, 7) is 0.432. The van der Waals surface area contributed by atoms with Crippen molar-refractivity contribution in [3.05, 3.63) is 0 Å². The number of rotatable bonds is 3. The van der Waals surface area contributed by atoms with Gasteiger partial charge >= 0.3 is 0 Å². The van der Waals surface area contributed by atoms with Crippen LogP contribution in [0.15, 0.2) is 0 Å². The minimum atomic E-state index is 0.00259. The zero-order valence-corrected chi connectivity index (χ0v) is 7.98. The molecular formula is C10H14N2O2. The summed E-state index contributed by atoms with van der Waals surface area (Å²) in [4.78, 5) is 24.9. The normalized spacial score (nSPS) is 37.4. The fourth-order valence-corrected chi connectivity index (χ4v) is 2.52.